The summed E-state index contributed by atoms with van der Waals surface area (Å²) in [5.74, 6) is 2.50. The van der Waals surface area contributed by atoms with Gasteiger partial charge in [-0.3, -0.25) is 4.79 Å². The van der Waals surface area contributed by atoms with Crippen molar-refractivity contribution < 1.29 is 9.59 Å². The van der Waals surface area contributed by atoms with Gasteiger partial charge in [-0.2, -0.15) is 0 Å². The Hall–Kier alpha value is -2.26. The van der Waals surface area contributed by atoms with Gasteiger partial charge in [-0.1, -0.05) is 66.7 Å². The Labute approximate surface area is 191 Å². The first-order valence-corrected chi connectivity index (χ1v) is 11.8. The monoisotopic (exact) mass is 433 g/mol. The smallest absolute Gasteiger partial charge is 0.207 e. The summed E-state index contributed by atoms with van der Waals surface area (Å²) in [4.78, 5) is 21.4. The molecule has 178 valence electrons. The molecule has 0 aromatic heterocycles. The quantitative estimate of drug-likeness (QED) is 0.203. The number of nitrogens with zero attached hydrogens (tertiary/aromatic N) is 1. The van der Waals surface area contributed by atoms with E-state index in [1.54, 1.807) is 5.94 Å². The van der Waals surface area contributed by atoms with Gasteiger partial charge in [-0.15, -0.1) is 0 Å². The van der Waals surface area contributed by atoms with E-state index in [1.807, 2.05) is 7.05 Å². The highest BCUT2D eigenvalue weighted by atomic mass is 16.1. The second kappa shape index (κ2) is 22.4. The average Bonchev–Trinajstić information content (AvgIpc) is 3.53. The number of amides is 1. The van der Waals surface area contributed by atoms with Crippen molar-refractivity contribution in [1.29, 1.82) is 0 Å². The van der Waals surface area contributed by atoms with Crippen LogP contribution in [-0.2, 0) is 9.59 Å². The zero-order valence-electron chi connectivity index (χ0n) is 21.0. The van der Waals surface area contributed by atoms with Gasteiger partial charge < -0.3 is 15.5 Å². The van der Waals surface area contributed by atoms with Gasteiger partial charge in [0.25, 0.3) is 0 Å². The van der Waals surface area contributed by atoms with Crippen LogP contribution in [0.15, 0.2) is 30.3 Å². The number of carbonyl (C=O) groups excluding carboxylic acids is 2. The van der Waals surface area contributed by atoms with Crippen molar-refractivity contribution in [2.24, 2.45) is 5.92 Å². The topological polar surface area (TPSA) is 61.2 Å². The molecular weight excluding hydrogens is 386 g/mol. The van der Waals surface area contributed by atoms with Gasteiger partial charge in [0.1, 0.15) is 5.94 Å². The molecule has 0 bridgehead atoms. The van der Waals surface area contributed by atoms with Crippen LogP contribution < -0.4 is 15.5 Å². The summed E-state index contributed by atoms with van der Waals surface area (Å²) in [6.45, 7) is 15.1. The molecule has 1 aliphatic heterocycles. The van der Waals surface area contributed by atoms with E-state index >= 15 is 0 Å². The van der Waals surface area contributed by atoms with Crippen molar-refractivity contribution in [1.82, 2.24) is 5.32 Å². The highest BCUT2D eigenvalue weighted by Gasteiger charge is 2.28. The Kier molecular flexibility index (Phi) is 22.4. The SMILES string of the molecule is CCCC.CCCCC(C)C.CNc1ccc(N2CC2C)cc1.O=C=CCCNC=O. The number of anilines is 2. The third-order valence-corrected chi connectivity index (χ3v) is 4.58. The molecular formula is C26H47N3O2. The minimum atomic E-state index is 0.513. The predicted molar refractivity (Wildman–Crippen MR) is 137 cm³/mol. The second-order valence-electron chi connectivity index (χ2n) is 8.02. The zero-order valence-corrected chi connectivity index (χ0v) is 21.0. The Balaban J connectivity index is 0. The Morgan fingerprint density at radius 2 is 1.71 bits per heavy atom. The molecule has 2 N–H and O–H groups in total. The van der Waals surface area contributed by atoms with Crippen LogP contribution in [0, 0.1) is 5.92 Å². The molecule has 2 rings (SSSR count). The molecule has 0 aliphatic carbocycles. The van der Waals surface area contributed by atoms with Crippen LogP contribution >= 0.6 is 0 Å². The zero-order chi connectivity index (χ0) is 23.9. The highest BCUT2D eigenvalue weighted by Crippen LogP contribution is 2.27. The van der Waals surface area contributed by atoms with Gasteiger partial charge in [0.2, 0.25) is 6.41 Å². The minimum Gasteiger partial charge on any atom is -0.388 e. The van der Waals surface area contributed by atoms with E-state index in [0.717, 1.165) is 12.0 Å². The van der Waals surface area contributed by atoms with Crippen LogP contribution in [-0.4, -0.2) is 38.5 Å². The van der Waals surface area contributed by atoms with Gasteiger partial charge in [-0.05, 0) is 43.5 Å². The molecule has 1 aliphatic rings. The summed E-state index contributed by atoms with van der Waals surface area (Å²) in [5.41, 5.74) is 2.51. The summed E-state index contributed by atoms with van der Waals surface area (Å²) in [6, 6.07) is 9.29. The van der Waals surface area contributed by atoms with E-state index in [4.69, 9.17) is 0 Å². The normalized spacial score (nSPS) is 13.2. The molecule has 1 fully saturated rings. The van der Waals surface area contributed by atoms with Crippen molar-refractivity contribution in [2.45, 2.75) is 86.1 Å². The molecule has 0 spiro atoms. The number of hydrogen-bond donors (Lipinski definition) is 2. The van der Waals surface area contributed by atoms with Crippen LogP contribution in [0.4, 0.5) is 11.4 Å². The van der Waals surface area contributed by atoms with Crippen molar-refractivity contribution in [3.05, 3.63) is 30.3 Å². The van der Waals surface area contributed by atoms with E-state index in [0.29, 0.717) is 19.4 Å². The molecule has 1 amide bonds. The summed E-state index contributed by atoms with van der Waals surface area (Å²) >= 11 is 0. The second-order valence-corrected chi connectivity index (χ2v) is 8.02. The van der Waals surface area contributed by atoms with Crippen LogP contribution in [0.5, 0.6) is 0 Å². The lowest BCUT2D eigenvalue weighted by Gasteiger charge is -2.04. The van der Waals surface area contributed by atoms with Crippen LogP contribution in [0.3, 0.4) is 0 Å². The lowest BCUT2D eigenvalue weighted by Crippen LogP contribution is -2.10. The fraction of sp³-hybridized carbons (Fsp3) is 0.654. The summed E-state index contributed by atoms with van der Waals surface area (Å²) < 4.78 is 0. The molecule has 5 nitrogen and oxygen atoms in total. The van der Waals surface area contributed by atoms with Crippen molar-refractivity contribution in [3.8, 4) is 0 Å². The predicted octanol–water partition coefficient (Wildman–Crippen LogP) is 6.09. The molecule has 1 heterocycles. The van der Waals surface area contributed by atoms with Crippen molar-refractivity contribution >= 4 is 23.7 Å². The summed E-state index contributed by atoms with van der Waals surface area (Å²) in [6.07, 6.45) is 9.27. The summed E-state index contributed by atoms with van der Waals surface area (Å²) in [5, 5.41) is 5.50. The number of unbranched alkanes of at least 4 members (excludes halogenated alkanes) is 2. The summed E-state index contributed by atoms with van der Waals surface area (Å²) in [7, 11) is 1.94. The lowest BCUT2D eigenvalue weighted by atomic mass is 10.1. The van der Waals surface area contributed by atoms with E-state index < -0.39 is 0 Å². The Bertz CT molecular complexity index is 565. The molecule has 31 heavy (non-hydrogen) atoms. The molecule has 1 unspecified atom stereocenters. The number of benzene rings is 1. The number of hydrogen-bond acceptors (Lipinski definition) is 4. The Morgan fingerprint density at radius 3 is 2.03 bits per heavy atom. The lowest BCUT2D eigenvalue weighted by molar-refractivity contribution is -0.109. The van der Waals surface area contributed by atoms with Gasteiger partial charge in [0.05, 0.1) is 0 Å². The fourth-order valence-corrected chi connectivity index (χ4v) is 2.30. The molecule has 0 radical (unpaired) electrons. The van der Waals surface area contributed by atoms with E-state index in [9.17, 15) is 9.59 Å². The third-order valence-electron chi connectivity index (χ3n) is 4.58. The highest BCUT2D eigenvalue weighted by molar-refractivity contribution is 5.58. The van der Waals surface area contributed by atoms with E-state index in [2.05, 4.69) is 81.3 Å². The first kappa shape index (κ1) is 30.9. The largest absolute Gasteiger partial charge is 0.388 e. The molecule has 1 atom stereocenters. The first-order chi connectivity index (χ1) is 14.9. The number of nitrogens with one attached hydrogen (secondary N) is 2. The van der Waals surface area contributed by atoms with Gasteiger partial charge >= 0.3 is 0 Å². The minimum absolute atomic E-state index is 0.513. The van der Waals surface area contributed by atoms with Gasteiger partial charge in [-0.25, -0.2) is 4.79 Å². The van der Waals surface area contributed by atoms with Crippen molar-refractivity contribution in [2.75, 3.05) is 30.4 Å². The maximum Gasteiger partial charge on any atom is 0.207 e. The molecule has 5 heteroatoms. The maximum atomic E-state index is 9.54. The molecule has 1 saturated heterocycles. The third kappa shape index (κ3) is 20.8. The number of rotatable bonds is 10. The maximum absolute atomic E-state index is 9.54. The molecule has 1 aromatic carbocycles. The Morgan fingerprint density at radius 1 is 1.13 bits per heavy atom. The van der Waals surface area contributed by atoms with Crippen LogP contribution in [0.25, 0.3) is 0 Å². The standard InChI is InChI=1S/C10H14N2.C7H16.C5H7NO2.C4H10/c1-8-7-12(8)10-5-3-9(11-2)4-6-10;1-4-5-6-7(2)3;7-4-2-1-3-6-5-8;1-3-4-2/h3-6,8,11H,7H2,1-2H3;7H,4-6H2,1-3H3;2,5H,1,3H2,(H,6,8);3-4H2,1-2H3. The van der Waals surface area contributed by atoms with Crippen molar-refractivity contribution in [3.63, 3.8) is 0 Å². The number of carbonyl (C=O) groups is 1. The van der Waals surface area contributed by atoms with E-state index in [-0.39, 0.29) is 0 Å². The molecule has 1 aromatic rings. The fourth-order valence-electron chi connectivity index (χ4n) is 2.30. The first-order valence-electron chi connectivity index (χ1n) is 11.8. The van der Waals surface area contributed by atoms with Gasteiger partial charge in [0.15, 0.2) is 0 Å². The average molecular weight is 434 g/mol. The van der Waals surface area contributed by atoms with E-state index in [1.165, 1.54) is 56.1 Å². The van der Waals surface area contributed by atoms with Crippen LogP contribution in [0.2, 0.25) is 0 Å². The molecule has 0 saturated carbocycles. The van der Waals surface area contributed by atoms with Crippen LogP contribution in [0.1, 0.15) is 80.1 Å². The van der Waals surface area contributed by atoms with Gasteiger partial charge in [0, 0.05) is 43.6 Å².